The number of anilines is 2. The van der Waals surface area contributed by atoms with Crippen LogP contribution >= 0.6 is 22.9 Å². The second-order valence-electron chi connectivity index (χ2n) is 9.12. The zero-order chi connectivity index (χ0) is 26.6. The van der Waals surface area contributed by atoms with Crippen LogP contribution in [-0.4, -0.2) is 49.1 Å². The summed E-state index contributed by atoms with van der Waals surface area (Å²) in [5.41, 5.74) is 2.59. The maximum absolute atomic E-state index is 13.5. The van der Waals surface area contributed by atoms with Gasteiger partial charge in [0.05, 0.1) is 21.8 Å². The molecule has 1 saturated heterocycles. The number of rotatable bonds is 4. The molecule has 1 atom stereocenters. The number of aliphatic hydroxyl groups is 1. The van der Waals surface area contributed by atoms with Crippen LogP contribution < -0.4 is 19.3 Å². The number of carbonyl (C=O) groups is 2. The molecule has 0 spiro atoms. The molecule has 1 fully saturated rings. The molecule has 1 amide bonds. The SMILES string of the molecule is CN(C)c1ccc(C2C(=C(O)c3ccc4c(c3)OCCO4)C(=O)C(=O)N2c2nc3ccc(Cl)cc3s2)cc1. The van der Waals surface area contributed by atoms with Crippen LogP contribution in [0.3, 0.4) is 0 Å². The highest BCUT2D eigenvalue weighted by Crippen LogP contribution is 2.45. The number of Topliss-reactive ketones (excluding diaryl/α,β-unsaturated/α-hetero) is 1. The molecule has 3 heterocycles. The summed E-state index contributed by atoms with van der Waals surface area (Å²) in [6.07, 6.45) is 0. The average molecular weight is 548 g/mol. The van der Waals surface area contributed by atoms with Crippen molar-refractivity contribution in [1.29, 1.82) is 0 Å². The van der Waals surface area contributed by atoms with Gasteiger partial charge in [-0.25, -0.2) is 4.98 Å². The van der Waals surface area contributed by atoms with Crippen molar-refractivity contribution < 1.29 is 24.2 Å². The van der Waals surface area contributed by atoms with Gasteiger partial charge in [0, 0.05) is 30.4 Å². The minimum Gasteiger partial charge on any atom is -0.507 e. The summed E-state index contributed by atoms with van der Waals surface area (Å²) in [4.78, 5) is 34.9. The molecule has 2 aliphatic rings. The van der Waals surface area contributed by atoms with Gasteiger partial charge in [0.25, 0.3) is 5.78 Å². The number of fused-ring (bicyclic) bond motifs is 2. The molecule has 0 aliphatic carbocycles. The Morgan fingerprint density at radius 2 is 1.76 bits per heavy atom. The zero-order valence-electron chi connectivity index (χ0n) is 20.5. The molecule has 192 valence electrons. The van der Waals surface area contributed by atoms with E-state index in [-0.39, 0.29) is 11.3 Å². The molecule has 38 heavy (non-hydrogen) atoms. The van der Waals surface area contributed by atoms with E-state index in [9.17, 15) is 14.7 Å². The number of halogens is 1. The van der Waals surface area contributed by atoms with Gasteiger partial charge in [-0.2, -0.15) is 0 Å². The van der Waals surface area contributed by atoms with Crippen molar-refractivity contribution in [3.63, 3.8) is 0 Å². The van der Waals surface area contributed by atoms with Gasteiger partial charge in [-0.05, 0) is 54.1 Å². The summed E-state index contributed by atoms with van der Waals surface area (Å²) in [6.45, 7) is 0.807. The van der Waals surface area contributed by atoms with Gasteiger partial charge < -0.3 is 19.5 Å². The Labute approximate surface area is 227 Å². The van der Waals surface area contributed by atoms with Crippen LogP contribution in [0.5, 0.6) is 11.5 Å². The van der Waals surface area contributed by atoms with E-state index in [1.54, 1.807) is 36.4 Å². The summed E-state index contributed by atoms with van der Waals surface area (Å²) in [7, 11) is 3.85. The first kappa shape index (κ1) is 24.3. The van der Waals surface area contributed by atoms with E-state index >= 15 is 0 Å². The fraction of sp³-hybridized carbons (Fsp3) is 0.179. The molecule has 1 unspecified atom stereocenters. The molecule has 0 saturated carbocycles. The third-order valence-electron chi connectivity index (χ3n) is 6.53. The largest absolute Gasteiger partial charge is 0.507 e. The first-order chi connectivity index (χ1) is 18.3. The Balaban J connectivity index is 1.53. The first-order valence-electron chi connectivity index (χ1n) is 11.9. The molecule has 4 aromatic rings. The first-order valence-corrected chi connectivity index (χ1v) is 13.1. The normalized spacial score (nSPS) is 18.3. The molecule has 1 aromatic heterocycles. The van der Waals surface area contributed by atoms with E-state index < -0.39 is 17.7 Å². The molecule has 10 heteroatoms. The minimum atomic E-state index is -0.893. The quantitative estimate of drug-likeness (QED) is 0.207. The number of thiazole rings is 1. The van der Waals surface area contributed by atoms with Crippen LogP contribution in [0, 0.1) is 0 Å². The van der Waals surface area contributed by atoms with Gasteiger partial charge in [0.2, 0.25) is 0 Å². The number of benzene rings is 3. The van der Waals surface area contributed by atoms with Crippen LogP contribution in [0.25, 0.3) is 16.0 Å². The number of ether oxygens (including phenoxy) is 2. The van der Waals surface area contributed by atoms with E-state index in [1.807, 2.05) is 43.3 Å². The van der Waals surface area contributed by atoms with E-state index in [0.29, 0.717) is 51.5 Å². The number of nitrogens with zero attached hydrogens (tertiary/aromatic N) is 3. The second kappa shape index (κ2) is 9.34. The molecule has 0 radical (unpaired) electrons. The molecular weight excluding hydrogens is 526 g/mol. The van der Waals surface area contributed by atoms with E-state index in [1.165, 1.54) is 16.2 Å². The number of aromatic nitrogens is 1. The lowest BCUT2D eigenvalue weighted by molar-refractivity contribution is -0.132. The molecule has 2 aliphatic heterocycles. The van der Waals surface area contributed by atoms with Crippen molar-refractivity contribution in [2.24, 2.45) is 0 Å². The predicted octanol–water partition coefficient (Wildman–Crippen LogP) is 5.41. The van der Waals surface area contributed by atoms with Gasteiger partial charge in [-0.1, -0.05) is 35.1 Å². The highest BCUT2D eigenvalue weighted by atomic mass is 35.5. The lowest BCUT2D eigenvalue weighted by atomic mass is 9.95. The highest BCUT2D eigenvalue weighted by molar-refractivity contribution is 7.22. The third-order valence-corrected chi connectivity index (χ3v) is 7.78. The van der Waals surface area contributed by atoms with E-state index in [4.69, 9.17) is 21.1 Å². The Bertz CT molecular complexity index is 1630. The fourth-order valence-electron chi connectivity index (χ4n) is 4.64. The number of carbonyl (C=O) groups excluding carboxylic acids is 2. The van der Waals surface area contributed by atoms with Crippen molar-refractivity contribution in [3.05, 3.63) is 82.4 Å². The molecule has 6 rings (SSSR count). The van der Waals surface area contributed by atoms with Crippen LogP contribution in [-0.2, 0) is 9.59 Å². The number of hydrogen-bond acceptors (Lipinski definition) is 8. The van der Waals surface area contributed by atoms with Gasteiger partial charge in [-0.15, -0.1) is 0 Å². The lowest BCUT2D eigenvalue weighted by Gasteiger charge is -2.24. The maximum atomic E-state index is 13.5. The van der Waals surface area contributed by atoms with Crippen molar-refractivity contribution in [1.82, 2.24) is 4.98 Å². The van der Waals surface area contributed by atoms with Gasteiger partial charge >= 0.3 is 5.91 Å². The summed E-state index contributed by atoms with van der Waals surface area (Å²) >= 11 is 7.43. The Kier molecular flexibility index (Phi) is 5.97. The van der Waals surface area contributed by atoms with E-state index in [0.717, 1.165) is 10.4 Å². The Morgan fingerprint density at radius 1 is 1.03 bits per heavy atom. The Morgan fingerprint density at radius 3 is 2.50 bits per heavy atom. The van der Waals surface area contributed by atoms with E-state index in [2.05, 4.69) is 4.98 Å². The summed E-state index contributed by atoms with van der Waals surface area (Å²) in [6, 6.07) is 16.8. The fourth-order valence-corrected chi connectivity index (χ4v) is 5.90. The van der Waals surface area contributed by atoms with Crippen molar-refractivity contribution >= 4 is 61.4 Å². The van der Waals surface area contributed by atoms with Crippen LogP contribution in [0.2, 0.25) is 5.02 Å². The van der Waals surface area contributed by atoms with Crippen LogP contribution in [0.1, 0.15) is 17.2 Å². The minimum absolute atomic E-state index is 0.0263. The molecule has 1 N–H and O–H groups in total. The number of aliphatic hydroxyl groups excluding tert-OH is 1. The van der Waals surface area contributed by atoms with Crippen molar-refractivity contribution in [2.75, 3.05) is 37.1 Å². The van der Waals surface area contributed by atoms with Crippen LogP contribution in [0.15, 0.2) is 66.2 Å². The number of hydrogen-bond donors (Lipinski definition) is 1. The molecule has 3 aromatic carbocycles. The lowest BCUT2D eigenvalue weighted by Crippen LogP contribution is -2.29. The van der Waals surface area contributed by atoms with Crippen molar-refractivity contribution in [2.45, 2.75) is 6.04 Å². The van der Waals surface area contributed by atoms with Crippen molar-refractivity contribution in [3.8, 4) is 11.5 Å². The summed E-state index contributed by atoms with van der Waals surface area (Å²) < 4.78 is 12.0. The number of ketones is 1. The monoisotopic (exact) mass is 547 g/mol. The Hall–Kier alpha value is -4.08. The zero-order valence-corrected chi connectivity index (χ0v) is 22.0. The average Bonchev–Trinajstić information content (AvgIpc) is 3.45. The summed E-state index contributed by atoms with van der Waals surface area (Å²) in [5, 5.41) is 12.4. The third kappa shape index (κ3) is 4.04. The second-order valence-corrected chi connectivity index (χ2v) is 10.6. The smallest absolute Gasteiger partial charge is 0.301 e. The highest BCUT2D eigenvalue weighted by Gasteiger charge is 2.48. The summed E-state index contributed by atoms with van der Waals surface area (Å²) in [5.74, 6) is -0.845. The standard InChI is InChI=1S/C28H22ClN3O5S/c1-31(2)18-7-3-15(4-8-18)24-23(25(33)16-5-10-20-21(13-16)37-12-11-36-20)26(34)27(35)32(24)28-30-19-9-6-17(29)14-22(19)38-28/h3-10,13-14,24,33H,11-12H2,1-2H3. The molecule has 8 nitrogen and oxygen atoms in total. The molecular formula is C28H22ClN3O5S. The topological polar surface area (TPSA) is 92.2 Å². The van der Waals surface area contributed by atoms with Gasteiger partial charge in [0.15, 0.2) is 16.6 Å². The predicted molar refractivity (Wildman–Crippen MR) is 148 cm³/mol. The molecule has 0 bridgehead atoms. The van der Waals surface area contributed by atoms with Crippen LogP contribution in [0.4, 0.5) is 10.8 Å². The van der Waals surface area contributed by atoms with Gasteiger partial charge in [0.1, 0.15) is 19.0 Å². The van der Waals surface area contributed by atoms with Gasteiger partial charge in [-0.3, -0.25) is 14.5 Å². The number of amides is 1. The maximum Gasteiger partial charge on any atom is 0.301 e.